The average molecular weight is 451 g/mol. The molecule has 2 aromatic carbocycles. The monoisotopic (exact) mass is 450 g/mol. The van der Waals surface area contributed by atoms with Crippen molar-refractivity contribution in [3.63, 3.8) is 0 Å². The van der Waals surface area contributed by atoms with Gasteiger partial charge in [-0.15, -0.1) is 0 Å². The van der Waals surface area contributed by atoms with E-state index in [1.54, 1.807) is 6.07 Å². The van der Waals surface area contributed by atoms with Gasteiger partial charge in [-0.05, 0) is 116 Å². The molecule has 2 aromatic rings. The third-order valence-electron chi connectivity index (χ3n) is 8.16. The Morgan fingerprint density at radius 1 is 0.818 bits per heavy atom. The second kappa shape index (κ2) is 12.0. The number of allylic oxidation sites excluding steroid dienone is 2. The molecule has 2 aliphatic rings. The van der Waals surface area contributed by atoms with E-state index in [9.17, 15) is 4.39 Å². The van der Waals surface area contributed by atoms with Gasteiger partial charge >= 0.3 is 0 Å². The van der Waals surface area contributed by atoms with Crippen molar-refractivity contribution in [1.29, 1.82) is 0 Å². The summed E-state index contributed by atoms with van der Waals surface area (Å²) in [6, 6.07) is 14.6. The van der Waals surface area contributed by atoms with Gasteiger partial charge in [0.1, 0.15) is 5.82 Å². The van der Waals surface area contributed by atoms with Gasteiger partial charge in [0.25, 0.3) is 0 Å². The molecule has 2 aliphatic carbocycles. The standard InChI is InChI=1S/C31H40F2/c1-2-3-4-5-23-6-10-25(11-7-23)26-14-16-27(17-15-26)29-18-19-30(31(33)22-29)28-12-8-24(9-13-28)20-21-32/h4-5,14-19,22-25,28H,2-3,6-13,20-21H2,1H3/b5-4+. The van der Waals surface area contributed by atoms with Crippen molar-refractivity contribution in [2.45, 2.75) is 89.4 Å². The third-order valence-corrected chi connectivity index (χ3v) is 8.16. The lowest BCUT2D eigenvalue weighted by Crippen LogP contribution is -2.14. The summed E-state index contributed by atoms with van der Waals surface area (Å²) in [5.74, 6) is 2.10. The molecule has 0 bridgehead atoms. The van der Waals surface area contributed by atoms with Crippen LogP contribution in [0.15, 0.2) is 54.6 Å². The third kappa shape index (κ3) is 6.34. The molecule has 0 spiro atoms. The van der Waals surface area contributed by atoms with E-state index in [1.165, 1.54) is 44.1 Å². The van der Waals surface area contributed by atoms with E-state index in [2.05, 4.69) is 49.4 Å². The Balaban J connectivity index is 1.35. The molecule has 0 aliphatic heterocycles. The molecule has 0 nitrogen and oxygen atoms in total. The highest BCUT2D eigenvalue weighted by Crippen LogP contribution is 2.40. The quantitative estimate of drug-likeness (QED) is 0.351. The maximum absolute atomic E-state index is 15.0. The Labute approximate surface area is 199 Å². The second-order valence-corrected chi connectivity index (χ2v) is 10.4. The van der Waals surface area contributed by atoms with Crippen LogP contribution in [0.4, 0.5) is 8.78 Å². The lowest BCUT2D eigenvalue weighted by Gasteiger charge is -2.28. The molecular formula is C31H40F2. The highest BCUT2D eigenvalue weighted by Gasteiger charge is 2.24. The number of alkyl halides is 1. The lowest BCUT2D eigenvalue weighted by molar-refractivity contribution is 0.281. The normalized spacial score (nSPS) is 26.0. The second-order valence-electron chi connectivity index (χ2n) is 10.4. The molecular weight excluding hydrogens is 410 g/mol. The van der Waals surface area contributed by atoms with Crippen LogP contribution in [0.2, 0.25) is 0 Å². The summed E-state index contributed by atoms with van der Waals surface area (Å²) in [6.45, 7) is 2.01. The SMILES string of the molecule is CCC/C=C/C1CCC(c2ccc(-c3ccc(C4CCC(CCF)CC4)c(F)c3)cc2)CC1. The van der Waals surface area contributed by atoms with Crippen molar-refractivity contribution in [3.8, 4) is 11.1 Å². The maximum atomic E-state index is 15.0. The van der Waals surface area contributed by atoms with Gasteiger partial charge in [-0.2, -0.15) is 0 Å². The van der Waals surface area contributed by atoms with Crippen molar-refractivity contribution < 1.29 is 8.78 Å². The van der Waals surface area contributed by atoms with E-state index in [1.807, 2.05) is 6.07 Å². The first-order chi connectivity index (χ1) is 16.2. The van der Waals surface area contributed by atoms with Gasteiger partial charge < -0.3 is 0 Å². The summed E-state index contributed by atoms with van der Waals surface area (Å²) in [7, 11) is 0. The predicted molar refractivity (Wildman–Crippen MR) is 136 cm³/mol. The van der Waals surface area contributed by atoms with Gasteiger partial charge in [0.15, 0.2) is 0 Å². The van der Waals surface area contributed by atoms with E-state index < -0.39 is 0 Å². The fourth-order valence-electron chi connectivity index (χ4n) is 6.00. The lowest BCUT2D eigenvalue weighted by atomic mass is 9.77. The van der Waals surface area contributed by atoms with Gasteiger partial charge in [0, 0.05) is 0 Å². The highest BCUT2D eigenvalue weighted by atomic mass is 19.1. The van der Waals surface area contributed by atoms with E-state index in [-0.39, 0.29) is 18.4 Å². The zero-order chi connectivity index (χ0) is 23.0. The number of rotatable bonds is 8. The molecule has 0 N–H and O–H groups in total. The first-order valence-corrected chi connectivity index (χ1v) is 13.3. The average Bonchev–Trinajstić information content (AvgIpc) is 2.86. The highest BCUT2D eigenvalue weighted by molar-refractivity contribution is 5.64. The van der Waals surface area contributed by atoms with Gasteiger partial charge in [0.2, 0.25) is 0 Å². The molecule has 2 heteroatoms. The molecule has 2 fully saturated rings. The van der Waals surface area contributed by atoms with Gasteiger partial charge in [-0.25, -0.2) is 4.39 Å². The molecule has 0 aromatic heterocycles. The van der Waals surface area contributed by atoms with Crippen molar-refractivity contribution in [2.24, 2.45) is 11.8 Å². The van der Waals surface area contributed by atoms with E-state index in [4.69, 9.17) is 0 Å². The van der Waals surface area contributed by atoms with E-state index >= 15 is 4.39 Å². The summed E-state index contributed by atoms with van der Waals surface area (Å²) in [4.78, 5) is 0. The minimum absolute atomic E-state index is 0.0834. The molecule has 0 heterocycles. The van der Waals surface area contributed by atoms with Gasteiger partial charge in [-0.3, -0.25) is 4.39 Å². The van der Waals surface area contributed by atoms with Gasteiger partial charge in [0.05, 0.1) is 6.67 Å². The number of benzene rings is 2. The summed E-state index contributed by atoms with van der Waals surface area (Å²) in [5, 5.41) is 0. The van der Waals surface area contributed by atoms with Crippen LogP contribution >= 0.6 is 0 Å². The van der Waals surface area contributed by atoms with Crippen LogP contribution in [-0.4, -0.2) is 6.67 Å². The Morgan fingerprint density at radius 3 is 2.12 bits per heavy atom. The fraction of sp³-hybridized carbons (Fsp3) is 0.548. The molecule has 33 heavy (non-hydrogen) atoms. The largest absolute Gasteiger partial charge is 0.251 e. The Hall–Kier alpha value is -1.96. The van der Waals surface area contributed by atoms with E-state index in [0.29, 0.717) is 18.3 Å². The molecule has 0 saturated heterocycles. The Bertz CT molecular complexity index is 882. The van der Waals surface area contributed by atoms with Crippen molar-refractivity contribution >= 4 is 0 Å². The summed E-state index contributed by atoms with van der Waals surface area (Å²) < 4.78 is 27.6. The van der Waals surface area contributed by atoms with Crippen LogP contribution in [-0.2, 0) is 0 Å². The van der Waals surface area contributed by atoms with Gasteiger partial charge in [-0.1, -0.05) is 61.9 Å². The number of hydrogen-bond donors (Lipinski definition) is 0. The molecule has 178 valence electrons. The fourth-order valence-corrected chi connectivity index (χ4v) is 6.00. The van der Waals surface area contributed by atoms with Crippen molar-refractivity contribution in [1.82, 2.24) is 0 Å². The first kappa shape index (κ1) is 24.2. The summed E-state index contributed by atoms with van der Waals surface area (Å²) in [6.07, 6.45) is 17.0. The Morgan fingerprint density at radius 2 is 1.48 bits per heavy atom. The van der Waals surface area contributed by atoms with Crippen LogP contribution in [0.25, 0.3) is 11.1 Å². The zero-order valence-corrected chi connectivity index (χ0v) is 20.2. The molecule has 2 saturated carbocycles. The minimum Gasteiger partial charge on any atom is -0.251 e. The smallest absolute Gasteiger partial charge is 0.127 e. The van der Waals surface area contributed by atoms with Crippen LogP contribution in [0.3, 0.4) is 0 Å². The Kier molecular flexibility index (Phi) is 8.75. The number of hydrogen-bond acceptors (Lipinski definition) is 0. The minimum atomic E-state index is -0.227. The van der Waals surface area contributed by atoms with Crippen LogP contribution in [0, 0.1) is 17.7 Å². The van der Waals surface area contributed by atoms with Crippen LogP contribution in [0.5, 0.6) is 0 Å². The number of unbranched alkanes of at least 4 members (excludes halogenated alkanes) is 1. The van der Waals surface area contributed by atoms with Crippen molar-refractivity contribution in [3.05, 3.63) is 71.6 Å². The maximum Gasteiger partial charge on any atom is 0.127 e. The zero-order valence-electron chi connectivity index (χ0n) is 20.2. The first-order valence-electron chi connectivity index (χ1n) is 13.3. The molecule has 0 radical (unpaired) electrons. The molecule has 0 amide bonds. The predicted octanol–water partition coefficient (Wildman–Crippen LogP) is 9.76. The molecule has 4 rings (SSSR count). The topological polar surface area (TPSA) is 0 Å². The van der Waals surface area contributed by atoms with E-state index in [0.717, 1.165) is 48.3 Å². The molecule has 0 atom stereocenters. The summed E-state index contributed by atoms with van der Waals surface area (Å²) in [5.41, 5.74) is 4.32. The van der Waals surface area contributed by atoms with Crippen LogP contribution in [0.1, 0.15) is 101 Å². The molecule has 0 unspecified atom stereocenters. The van der Waals surface area contributed by atoms with Crippen LogP contribution < -0.4 is 0 Å². The van der Waals surface area contributed by atoms with Crippen molar-refractivity contribution in [2.75, 3.05) is 6.67 Å². The number of halogens is 2. The summed E-state index contributed by atoms with van der Waals surface area (Å²) >= 11 is 0.